The van der Waals surface area contributed by atoms with E-state index in [1.165, 1.54) is 5.56 Å². The highest BCUT2D eigenvalue weighted by Crippen LogP contribution is 2.05. The summed E-state index contributed by atoms with van der Waals surface area (Å²) in [6.07, 6.45) is 4.59. The van der Waals surface area contributed by atoms with Crippen LogP contribution >= 0.6 is 11.6 Å². The molecule has 0 heterocycles. The second kappa shape index (κ2) is 8.98. The molecule has 0 atom stereocenters. The molecule has 100 valence electrons. The number of hydrogen-bond donors (Lipinski definition) is 0. The van der Waals surface area contributed by atoms with Gasteiger partial charge in [-0.25, -0.2) is 0 Å². The van der Waals surface area contributed by atoms with E-state index in [1.54, 1.807) is 0 Å². The highest BCUT2D eigenvalue weighted by atomic mass is 35.5. The average Bonchev–Trinajstić information content (AvgIpc) is 2.42. The minimum absolute atomic E-state index is 0.227. The molecule has 0 aliphatic heterocycles. The molecule has 0 fully saturated rings. The van der Waals surface area contributed by atoms with Crippen molar-refractivity contribution >= 4 is 17.5 Å². The number of carbonyl (C=O) groups excluding carboxylic acids is 1. The normalized spacial score (nSPS) is 10.3. The third-order valence-electron chi connectivity index (χ3n) is 3.02. The van der Waals surface area contributed by atoms with Gasteiger partial charge in [-0.05, 0) is 24.8 Å². The lowest BCUT2D eigenvalue weighted by Gasteiger charge is -2.16. The Bertz CT molecular complexity index is 340. The number of nitrogens with zero attached hydrogens (tertiary/aromatic N) is 1. The van der Waals surface area contributed by atoms with Crippen LogP contribution in [-0.4, -0.2) is 30.3 Å². The quantitative estimate of drug-likeness (QED) is 0.522. The van der Waals surface area contributed by atoms with Crippen molar-refractivity contribution in [3.63, 3.8) is 0 Å². The predicted molar refractivity (Wildman–Crippen MR) is 77.0 cm³/mol. The van der Waals surface area contributed by atoms with Gasteiger partial charge in [0.2, 0.25) is 5.91 Å². The van der Waals surface area contributed by atoms with Gasteiger partial charge in [-0.15, -0.1) is 11.6 Å². The van der Waals surface area contributed by atoms with E-state index < -0.39 is 0 Å². The number of rotatable bonds is 8. The number of halogens is 1. The van der Waals surface area contributed by atoms with E-state index in [2.05, 4.69) is 12.1 Å². The van der Waals surface area contributed by atoms with Gasteiger partial charge in [0, 0.05) is 25.9 Å². The fraction of sp³-hybridized carbons (Fsp3) is 0.533. The number of benzene rings is 1. The molecule has 0 aliphatic carbocycles. The molecule has 1 aromatic rings. The van der Waals surface area contributed by atoms with Gasteiger partial charge < -0.3 is 4.90 Å². The van der Waals surface area contributed by atoms with Crippen LogP contribution in [0.15, 0.2) is 30.3 Å². The number of unbranched alkanes of at least 4 members (excludes halogenated alkanes) is 2. The summed E-state index contributed by atoms with van der Waals surface area (Å²) < 4.78 is 0. The zero-order valence-corrected chi connectivity index (χ0v) is 11.8. The second-order valence-electron chi connectivity index (χ2n) is 4.55. The van der Waals surface area contributed by atoms with Gasteiger partial charge in [-0.3, -0.25) is 4.79 Å². The minimum atomic E-state index is 0.227. The minimum Gasteiger partial charge on any atom is -0.346 e. The maximum atomic E-state index is 11.9. The molecule has 0 saturated carbocycles. The standard InChI is InChI=1S/C15H22ClNO/c1-17(13-7-3-6-12-16)15(18)11-10-14-8-4-2-5-9-14/h2,4-5,8-9H,3,6-7,10-13H2,1H3. The summed E-state index contributed by atoms with van der Waals surface area (Å²) in [4.78, 5) is 13.7. The Morgan fingerprint density at radius 1 is 1.17 bits per heavy atom. The molecule has 1 amide bonds. The van der Waals surface area contributed by atoms with Crippen LogP contribution < -0.4 is 0 Å². The lowest BCUT2D eigenvalue weighted by molar-refractivity contribution is -0.129. The third kappa shape index (κ3) is 6.06. The van der Waals surface area contributed by atoms with Crippen LogP contribution in [0.2, 0.25) is 0 Å². The summed E-state index contributed by atoms with van der Waals surface area (Å²) in [5, 5.41) is 0. The van der Waals surface area contributed by atoms with Crippen molar-refractivity contribution in [3.05, 3.63) is 35.9 Å². The zero-order chi connectivity index (χ0) is 13.2. The van der Waals surface area contributed by atoms with Crippen LogP contribution in [0.25, 0.3) is 0 Å². The van der Waals surface area contributed by atoms with E-state index >= 15 is 0 Å². The number of aryl methyl sites for hydroxylation is 1. The largest absolute Gasteiger partial charge is 0.346 e. The summed E-state index contributed by atoms with van der Waals surface area (Å²) in [7, 11) is 1.88. The van der Waals surface area contributed by atoms with Crippen LogP contribution in [0.4, 0.5) is 0 Å². The predicted octanol–water partition coefficient (Wildman–Crippen LogP) is 3.49. The van der Waals surface area contributed by atoms with Gasteiger partial charge in [-0.2, -0.15) is 0 Å². The third-order valence-corrected chi connectivity index (χ3v) is 3.29. The lowest BCUT2D eigenvalue weighted by atomic mass is 10.1. The van der Waals surface area contributed by atoms with Gasteiger partial charge in [0.05, 0.1) is 0 Å². The van der Waals surface area contributed by atoms with E-state index in [9.17, 15) is 4.79 Å². The Kier molecular flexibility index (Phi) is 7.51. The van der Waals surface area contributed by atoms with Crippen LogP contribution in [0, 0.1) is 0 Å². The average molecular weight is 268 g/mol. The summed E-state index contributed by atoms with van der Waals surface area (Å²) >= 11 is 5.62. The fourth-order valence-corrected chi connectivity index (χ4v) is 2.02. The van der Waals surface area contributed by atoms with E-state index in [-0.39, 0.29) is 5.91 Å². The van der Waals surface area contributed by atoms with Crippen LogP contribution in [0.5, 0.6) is 0 Å². The van der Waals surface area contributed by atoms with Crippen LogP contribution in [0.1, 0.15) is 31.2 Å². The van der Waals surface area contributed by atoms with E-state index in [4.69, 9.17) is 11.6 Å². The zero-order valence-electron chi connectivity index (χ0n) is 11.1. The Morgan fingerprint density at radius 3 is 2.56 bits per heavy atom. The molecule has 0 aliphatic rings. The first-order chi connectivity index (χ1) is 8.74. The van der Waals surface area contributed by atoms with E-state index in [0.29, 0.717) is 12.3 Å². The number of amides is 1. The van der Waals surface area contributed by atoms with Gasteiger partial charge >= 0.3 is 0 Å². The molecule has 0 aromatic heterocycles. The van der Waals surface area contributed by atoms with Crippen molar-refractivity contribution in [2.45, 2.75) is 32.1 Å². The van der Waals surface area contributed by atoms with E-state index in [1.807, 2.05) is 30.1 Å². The highest BCUT2D eigenvalue weighted by molar-refractivity contribution is 6.17. The maximum Gasteiger partial charge on any atom is 0.222 e. The molecule has 0 bridgehead atoms. The first-order valence-corrected chi connectivity index (χ1v) is 7.11. The van der Waals surface area contributed by atoms with Crippen LogP contribution in [0.3, 0.4) is 0 Å². The summed E-state index contributed by atoms with van der Waals surface area (Å²) in [5.74, 6) is 0.941. The summed E-state index contributed by atoms with van der Waals surface area (Å²) in [6.45, 7) is 0.838. The Balaban J connectivity index is 2.19. The molecular weight excluding hydrogens is 246 g/mol. The molecule has 0 spiro atoms. The summed E-state index contributed by atoms with van der Waals surface area (Å²) in [6, 6.07) is 10.1. The van der Waals surface area contributed by atoms with Crippen molar-refractivity contribution in [3.8, 4) is 0 Å². The van der Waals surface area contributed by atoms with E-state index in [0.717, 1.165) is 32.2 Å². The molecule has 1 rings (SSSR count). The Morgan fingerprint density at radius 2 is 1.89 bits per heavy atom. The smallest absolute Gasteiger partial charge is 0.222 e. The first kappa shape index (κ1) is 15.0. The first-order valence-electron chi connectivity index (χ1n) is 6.58. The molecule has 18 heavy (non-hydrogen) atoms. The highest BCUT2D eigenvalue weighted by Gasteiger charge is 2.07. The number of hydrogen-bond acceptors (Lipinski definition) is 1. The van der Waals surface area contributed by atoms with Crippen molar-refractivity contribution in [1.82, 2.24) is 4.90 Å². The van der Waals surface area contributed by atoms with Crippen LogP contribution in [-0.2, 0) is 11.2 Å². The molecular formula is C15H22ClNO. The Labute approximate surface area is 115 Å². The van der Waals surface area contributed by atoms with Gasteiger partial charge in [-0.1, -0.05) is 36.8 Å². The van der Waals surface area contributed by atoms with Gasteiger partial charge in [0.15, 0.2) is 0 Å². The maximum absolute atomic E-state index is 11.9. The van der Waals surface area contributed by atoms with Crippen molar-refractivity contribution in [2.75, 3.05) is 19.5 Å². The van der Waals surface area contributed by atoms with Crippen molar-refractivity contribution < 1.29 is 4.79 Å². The molecule has 2 nitrogen and oxygen atoms in total. The second-order valence-corrected chi connectivity index (χ2v) is 4.93. The number of carbonyl (C=O) groups is 1. The van der Waals surface area contributed by atoms with Gasteiger partial charge in [0.25, 0.3) is 0 Å². The molecule has 0 saturated heterocycles. The molecule has 0 unspecified atom stereocenters. The molecule has 1 aromatic carbocycles. The molecule has 3 heteroatoms. The summed E-state index contributed by atoms with van der Waals surface area (Å²) in [5.41, 5.74) is 1.22. The van der Waals surface area contributed by atoms with Crippen molar-refractivity contribution in [1.29, 1.82) is 0 Å². The fourth-order valence-electron chi connectivity index (χ4n) is 1.83. The monoisotopic (exact) mass is 267 g/mol. The Hall–Kier alpha value is -1.02. The molecule has 0 radical (unpaired) electrons. The SMILES string of the molecule is CN(CCCCCCl)C(=O)CCc1ccccc1. The topological polar surface area (TPSA) is 20.3 Å². The molecule has 0 N–H and O–H groups in total. The van der Waals surface area contributed by atoms with Gasteiger partial charge in [0.1, 0.15) is 0 Å². The van der Waals surface area contributed by atoms with Crippen molar-refractivity contribution in [2.24, 2.45) is 0 Å². The lowest BCUT2D eigenvalue weighted by Crippen LogP contribution is -2.27. The number of alkyl halides is 1.